The maximum Gasteiger partial charge on any atom is 0.303 e. The number of rotatable bonds is 6. The Balaban J connectivity index is 2.45. The van der Waals surface area contributed by atoms with Gasteiger partial charge in [-0.05, 0) is 36.2 Å². The van der Waals surface area contributed by atoms with Gasteiger partial charge in [0, 0.05) is 12.1 Å². The third-order valence-electron chi connectivity index (χ3n) is 3.48. The lowest BCUT2D eigenvalue weighted by atomic mass is 10.1. The van der Waals surface area contributed by atoms with E-state index in [2.05, 4.69) is 5.32 Å². The number of benzene rings is 2. The largest absolute Gasteiger partial charge is 0.481 e. The van der Waals surface area contributed by atoms with Crippen molar-refractivity contribution in [3.63, 3.8) is 0 Å². The van der Waals surface area contributed by atoms with E-state index in [9.17, 15) is 13.2 Å². The van der Waals surface area contributed by atoms with E-state index >= 15 is 0 Å². The molecule has 8 nitrogen and oxygen atoms in total. The van der Waals surface area contributed by atoms with Crippen LogP contribution in [0.15, 0.2) is 52.3 Å². The molecule has 0 bridgehead atoms. The van der Waals surface area contributed by atoms with E-state index in [1.807, 2.05) is 0 Å². The molecule has 25 heavy (non-hydrogen) atoms. The minimum absolute atomic E-state index is 0.0131. The van der Waals surface area contributed by atoms with E-state index in [0.29, 0.717) is 11.3 Å². The van der Waals surface area contributed by atoms with Crippen LogP contribution in [0.1, 0.15) is 12.0 Å². The summed E-state index contributed by atoms with van der Waals surface area (Å²) >= 11 is 0. The summed E-state index contributed by atoms with van der Waals surface area (Å²) in [7, 11) is -3.91. The first-order valence-corrected chi connectivity index (χ1v) is 8.75. The molecule has 9 heteroatoms. The molecule has 0 radical (unpaired) electrons. The molecule has 0 aromatic heterocycles. The molecule has 0 unspecified atom stereocenters. The number of nitrogen functional groups attached to an aromatic ring is 1. The second kappa shape index (κ2) is 7.22. The Morgan fingerprint density at radius 3 is 2.52 bits per heavy atom. The Bertz CT molecular complexity index is 925. The fourth-order valence-corrected chi connectivity index (χ4v) is 3.78. The third-order valence-corrected chi connectivity index (χ3v) is 5.29. The number of hydrogen-bond acceptors (Lipinski definition) is 5. The van der Waals surface area contributed by atoms with Crippen LogP contribution in [0.5, 0.6) is 0 Å². The lowest BCUT2D eigenvalue weighted by molar-refractivity contribution is -0.136. The number of carboxylic acids is 1. The van der Waals surface area contributed by atoms with Gasteiger partial charge in [-0.3, -0.25) is 10.2 Å². The van der Waals surface area contributed by atoms with E-state index in [1.165, 1.54) is 30.3 Å². The summed E-state index contributed by atoms with van der Waals surface area (Å²) in [6.07, 6.45) is -0.0117. The second-order valence-electron chi connectivity index (χ2n) is 5.29. The molecule has 0 saturated carbocycles. The van der Waals surface area contributed by atoms with Gasteiger partial charge in [-0.25, -0.2) is 8.42 Å². The zero-order chi connectivity index (χ0) is 18.6. The van der Waals surface area contributed by atoms with Crippen LogP contribution in [0.2, 0.25) is 0 Å². The van der Waals surface area contributed by atoms with E-state index in [-0.39, 0.29) is 34.3 Å². The van der Waals surface area contributed by atoms with Gasteiger partial charge in [0.2, 0.25) is 9.84 Å². The molecule has 0 amide bonds. The molecule has 2 aromatic rings. The number of aryl methyl sites for hydroxylation is 1. The van der Waals surface area contributed by atoms with Crippen LogP contribution < -0.4 is 16.8 Å². The van der Waals surface area contributed by atoms with Gasteiger partial charge in [0.15, 0.2) is 5.96 Å². The predicted octanol–water partition coefficient (Wildman–Crippen LogP) is 1.42. The summed E-state index contributed by atoms with van der Waals surface area (Å²) in [4.78, 5) is 10.6. The normalized spacial score (nSPS) is 11.0. The number of nitrogens with two attached hydrogens (primary N) is 2. The fourth-order valence-electron chi connectivity index (χ4n) is 2.31. The van der Waals surface area contributed by atoms with Crippen LogP contribution >= 0.6 is 0 Å². The number of carboxylic acid groups (broad SMARTS) is 1. The summed E-state index contributed by atoms with van der Waals surface area (Å²) < 4.78 is 25.7. The summed E-state index contributed by atoms with van der Waals surface area (Å²) in [6, 6.07) is 10.4. The number of anilines is 2. The molecule has 0 spiro atoms. The first-order chi connectivity index (χ1) is 11.7. The van der Waals surface area contributed by atoms with Crippen LogP contribution in [-0.2, 0) is 21.1 Å². The van der Waals surface area contributed by atoms with Crippen LogP contribution in [0, 0.1) is 5.41 Å². The molecule has 0 aliphatic carbocycles. The van der Waals surface area contributed by atoms with Crippen molar-refractivity contribution in [2.75, 3.05) is 11.1 Å². The standard InChI is InChI=1S/C16H18N4O4S/c17-15-10(7-8-14(21)22)3-1-6-13(15)25(23,24)12-5-2-4-11(9-12)20-16(18)19/h1-6,9H,7-8,17H2,(H,21,22)(H4,18,19,20). The lowest BCUT2D eigenvalue weighted by Gasteiger charge is -2.12. The minimum Gasteiger partial charge on any atom is -0.481 e. The molecule has 0 aliphatic rings. The molecule has 0 heterocycles. The summed E-state index contributed by atoms with van der Waals surface area (Å²) in [6.45, 7) is 0. The molecule has 0 atom stereocenters. The van der Waals surface area contributed by atoms with Crippen molar-refractivity contribution in [1.29, 1.82) is 5.41 Å². The number of para-hydroxylation sites is 1. The topological polar surface area (TPSA) is 159 Å². The molecule has 0 fully saturated rings. The molecular formula is C16H18N4O4S. The quantitative estimate of drug-likeness (QED) is 0.295. The SMILES string of the molecule is N=C(N)Nc1cccc(S(=O)(=O)c2cccc(CCC(=O)O)c2N)c1. The van der Waals surface area contributed by atoms with Crippen molar-refractivity contribution in [2.24, 2.45) is 5.73 Å². The van der Waals surface area contributed by atoms with Crippen LogP contribution in [0.4, 0.5) is 11.4 Å². The van der Waals surface area contributed by atoms with Crippen molar-refractivity contribution in [3.8, 4) is 0 Å². The predicted molar refractivity (Wildman–Crippen MR) is 94.2 cm³/mol. The average Bonchev–Trinajstić information content (AvgIpc) is 2.53. The van der Waals surface area contributed by atoms with Crippen molar-refractivity contribution < 1.29 is 18.3 Å². The van der Waals surface area contributed by atoms with Crippen molar-refractivity contribution in [1.82, 2.24) is 0 Å². The highest BCUT2D eigenvalue weighted by molar-refractivity contribution is 7.91. The Morgan fingerprint density at radius 2 is 1.88 bits per heavy atom. The fraction of sp³-hybridized carbons (Fsp3) is 0.125. The molecule has 0 saturated heterocycles. The highest BCUT2D eigenvalue weighted by Crippen LogP contribution is 2.30. The van der Waals surface area contributed by atoms with Gasteiger partial charge in [-0.2, -0.15) is 0 Å². The number of hydrogen-bond donors (Lipinski definition) is 5. The van der Waals surface area contributed by atoms with Gasteiger partial charge in [0.25, 0.3) is 0 Å². The van der Waals surface area contributed by atoms with E-state index in [0.717, 1.165) is 0 Å². The average molecular weight is 362 g/mol. The van der Waals surface area contributed by atoms with Gasteiger partial charge in [-0.15, -0.1) is 0 Å². The summed E-state index contributed by atoms with van der Waals surface area (Å²) in [5.41, 5.74) is 12.1. The zero-order valence-corrected chi connectivity index (χ0v) is 14.0. The molecule has 7 N–H and O–H groups in total. The zero-order valence-electron chi connectivity index (χ0n) is 13.2. The Hall–Kier alpha value is -3.07. The maximum absolute atomic E-state index is 12.9. The summed E-state index contributed by atoms with van der Waals surface area (Å²) in [5.74, 6) is -1.31. The number of aliphatic carboxylic acids is 1. The minimum atomic E-state index is -3.91. The molecular weight excluding hydrogens is 344 g/mol. The van der Waals surface area contributed by atoms with E-state index < -0.39 is 15.8 Å². The summed E-state index contributed by atoms with van der Waals surface area (Å²) in [5, 5.41) is 18.5. The van der Waals surface area contributed by atoms with Crippen LogP contribution in [0.3, 0.4) is 0 Å². The second-order valence-corrected chi connectivity index (χ2v) is 7.21. The number of sulfone groups is 1. The Morgan fingerprint density at radius 1 is 1.20 bits per heavy atom. The smallest absolute Gasteiger partial charge is 0.303 e. The Kier molecular flexibility index (Phi) is 5.28. The van der Waals surface area contributed by atoms with Crippen molar-refractivity contribution in [3.05, 3.63) is 48.0 Å². The van der Waals surface area contributed by atoms with Crippen LogP contribution in [0.25, 0.3) is 0 Å². The molecule has 2 aromatic carbocycles. The van der Waals surface area contributed by atoms with Gasteiger partial charge < -0.3 is 21.9 Å². The highest BCUT2D eigenvalue weighted by atomic mass is 32.2. The number of nitrogens with one attached hydrogen (secondary N) is 2. The number of carbonyl (C=O) groups is 1. The monoisotopic (exact) mass is 362 g/mol. The lowest BCUT2D eigenvalue weighted by Crippen LogP contribution is -2.20. The Labute approximate surface area is 144 Å². The molecule has 2 rings (SSSR count). The van der Waals surface area contributed by atoms with E-state index in [4.69, 9.17) is 22.0 Å². The van der Waals surface area contributed by atoms with Crippen molar-refractivity contribution in [2.45, 2.75) is 22.6 Å². The van der Waals surface area contributed by atoms with Gasteiger partial charge >= 0.3 is 5.97 Å². The first kappa shape index (κ1) is 18.3. The highest BCUT2D eigenvalue weighted by Gasteiger charge is 2.22. The van der Waals surface area contributed by atoms with E-state index in [1.54, 1.807) is 12.1 Å². The van der Waals surface area contributed by atoms with Crippen molar-refractivity contribution >= 4 is 33.1 Å². The third kappa shape index (κ3) is 4.27. The molecule has 132 valence electrons. The van der Waals surface area contributed by atoms with Crippen LogP contribution in [-0.4, -0.2) is 25.5 Å². The van der Waals surface area contributed by atoms with Gasteiger partial charge in [-0.1, -0.05) is 18.2 Å². The number of guanidine groups is 1. The maximum atomic E-state index is 12.9. The first-order valence-electron chi connectivity index (χ1n) is 7.27. The van der Waals surface area contributed by atoms with Gasteiger partial charge in [0.05, 0.1) is 15.5 Å². The molecule has 0 aliphatic heterocycles. The van der Waals surface area contributed by atoms with Gasteiger partial charge in [0.1, 0.15) is 0 Å².